The third kappa shape index (κ3) is 5.59. The summed E-state index contributed by atoms with van der Waals surface area (Å²) in [7, 11) is 1.66. The van der Waals surface area contributed by atoms with Crippen LogP contribution in [0.3, 0.4) is 0 Å². The Labute approximate surface area is 196 Å². The van der Waals surface area contributed by atoms with E-state index in [1.165, 1.54) is 11.8 Å². The van der Waals surface area contributed by atoms with Crippen LogP contribution in [0.4, 0.5) is 5.69 Å². The summed E-state index contributed by atoms with van der Waals surface area (Å²) in [6.45, 7) is 10.5. The largest absolute Gasteiger partial charge is 0.497 e. The topological polar surface area (TPSA) is 72.8 Å². The Bertz CT molecular complexity index is 1000. The molecular formula is C26H35N3O4. The van der Waals surface area contributed by atoms with Gasteiger partial charge in [-0.2, -0.15) is 0 Å². The second-order valence-electron chi connectivity index (χ2n) is 8.23. The highest BCUT2D eigenvalue weighted by Crippen LogP contribution is 2.25. The summed E-state index contributed by atoms with van der Waals surface area (Å²) in [5, 5.41) is 3.11. The van der Waals surface area contributed by atoms with Crippen molar-refractivity contribution in [2.24, 2.45) is 0 Å². The minimum Gasteiger partial charge on any atom is -0.497 e. The van der Waals surface area contributed by atoms with E-state index in [2.05, 4.69) is 26.9 Å². The summed E-state index contributed by atoms with van der Waals surface area (Å²) in [6.07, 6.45) is 5.02. The van der Waals surface area contributed by atoms with E-state index < -0.39 is 0 Å². The van der Waals surface area contributed by atoms with Crippen molar-refractivity contribution in [1.29, 1.82) is 0 Å². The SMILES string of the molecule is CCOC(=O)c1c(/C=C/C(=O)NC2CCN(c3ccc(OC)cc3)CC2)c(C)n(CC)c1C. The van der Waals surface area contributed by atoms with Crippen molar-refractivity contribution in [1.82, 2.24) is 9.88 Å². The number of nitrogens with zero attached hydrogens (tertiary/aromatic N) is 2. The minimum absolute atomic E-state index is 0.129. The number of rotatable bonds is 8. The molecule has 0 aliphatic carbocycles. The van der Waals surface area contributed by atoms with E-state index in [9.17, 15) is 9.59 Å². The summed E-state index contributed by atoms with van der Waals surface area (Å²) >= 11 is 0. The number of carbonyl (C=O) groups is 2. The molecule has 1 fully saturated rings. The van der Waals surface area contributed by atoms with Crippen LogP contribution >= 0.6 is 0 Å². The molecule has 3 rings (SSSR count). The van der Waals surface area contributed by atoms with Crippen LogP contribution in [0, 0.1) is 13.8 Å². The normalized spacial score (nSPS) is 14.5. The zero-order chi connectivity index (χ0) is 24.0. The van der Waals surface area contributed by atoms with Crippen LogP contribution in [0.2, 0.25) is 0 Å². The van der Waals surface area contributed by atoms with Gasteiger partial charge < -0.3 is 24.3 Å². The molecule has 7 heteroatoms. The van der Waals surface area contributed by atoms with Crippen molar-refractivity contribution < 1.29 is 19.1 Å². The van der Waals surface area contributed by atoms with Crippen molar-refractivity contribution in [3.8, 4) is 5.75 Å². The second kappa shape index (κ2) is 11.1. The molecule has 0 unspecified atom stereocenters. The van der Waals surface area contributed by atoms with Crippen molar-refractivity contribution in [3.05, 3.63) is 52.9 Å². The number of esters is 1. The highest BCUT2D eigenvalue weighted by molar-refractivity contribution is 5.98. The maximum absolute atomic E-state index is 12.6. The van der Waals surface area contributed by atoms with Crippen LogP contribution in [0.1, 0.15) is 54.0 Å². The highest BCUT2D eigenvalue weighted by Gasteiger charge is 2.23. The Balaban J connectivity index is 1.62. The smallest absolute Gasteiger partial charge is 0.340 e. The monoisotopic (exact) mass is 453 g/mol. The van der Waals surface area contributed by atoms with E-state index in [0.717, 1.165) is 55.2 Å². The van der Waals surface area contributed by atoms with Gasteiger partial charge in [0.2, 0.25) is 5.91 Å². The molecule has 1 aliphatic rings. The van der Waals surface area contributed by atoms with Crippen molar-refractivity contribution in [2.75, 3.05) is 31.7 Å². The van der Waals surface area contributed by atoms with Crippen LogP contribution < -0.4 is 15.0 Å². The molecule has 0 radical (unpaired) electrons. The lowest BCUT2D eigenvalue weighted by molar-refractivity contribution is -0.117. The average molecular weight is 454 g/mol. The summed E-state index contributed by atoms with van der Waals surface area (Å²) in [5.41, 5.74) is 4.26. The van der Waals surface area contributed by atoms with Gasteiger partial charge in [-0.05, 0) is 70.9 Å². The van der Waals surface area contributed by atoms with E-state index >= 15 is 0 Å². The summed E-state index contributed by atoms with van der Waals surface area (Å²) in [6, 6.07) is 8.19. The molecule has 0 spiro atoms. The van der Waals surface area contributed by atoms with Crippen LogP contribution in [-0.2, 0) is 16.1 Å². The molecule has 1 aromatic carbocycles. The number of piperidine rings is 1. The molecule has 1 saturated heterocycles. The van der Waals surface area contributed by atoms with Gasteiger partial charge in [0, 0.05) is 54.4 Å². The molecule has 1 amide bonds. The van der Waals surface area contributed by atoms with Gasteiger partial charge in [-0.15, -0.1) is 0 Å². The Hall–Kier alpha value is -3.22. The summed E-state index contributed by atoms with van der Waals surface area (Å²) in [5.74, 6) is 0.351. The number of nitrogens with one attached hydrogen (secondary N) is 1. The van der Waals surface area contributed by atoms with Gasteiger partial charge in [-0.1, -0.05) is 0 Å². The predicted octanol–water partition coefficient (Wildman–Crippen LogP) is 4.11. The van der Waals surface area contributed by atoms with Gasteiger partial charge in [0.25, 0.3) is 0 Å². The first kappa shape index (κ1) is 24.4. The Morgan fingerprint density at radius 2 is 1.76 bits per heavy atom. The Kier molecular flexibility index (Phi) is 8.20. The van der Waals surface area contributed by atoms with Gasteiger partial charge in [-0.3, -0.25) is 4.79 Å². The van der Waals surface area contributed by atoms with Gasteiger partial charge in [-0.25, -0.2) is 4.79 Å². The first-order chi connectivity index (χ1) is 15.9. The quantitative estimate of drug-likeness (QED) is 0.481. The molecule has 33 heavy (non-hydrogen) atoms. The molecule has 2 aromatic rings. The van der Waals surface area contributed by atoms with E-state index in [-0.39, 0.29) is 17.9 Å². The fourth-order valence-electron chi connectivity index (χ4n) is 4.53. The molecule has 0 saturated carbocycles. The molecule has 1 aliphatic heterocycles. The maximum atomic E-state index is 12.6. The number of anilines is 1. The van der Waals surface area contributed by atoms with E-state index in [0.29, 0.717) is 12.2 Å². The molecule has 0 atom stereocenters. The summed E-state index contributed by atoms with van der Waals surface area (Å²) in [4.78, 5) is 27.5. The van der Waals surface area contributed by atoms with E-state index in [4.69, 9.17) is 9.47 Å². The molecular weight excluding hydrogens is 418 g/mol. The molecule has 7 nitrogen and oxygen atoms in total. The zero-order valence-electron chi connectivity index (χ0n) is 20.3. The molecule has 1 aromatic heterocycles. The lowest BCUT2D eigenvalue weighted by Crippen LogP contribution is -2.44. The predicted molar refractivity (Wildman–Crippen MR) is 131 cm³/mol. The number of benzene rings is 1. The number of methoxy groups -OCH3 is 1. The van der Waals surface area contributed by atoms with Gasteiger partial charge in [0.15, 0.2) is 0 Å². The van der Waals surface area contributed by atoms with Crippen molar-refractivity contribution in [3.63, 3.8) is 0 Å². The highest BCUT2D eigenvalue weighted by atomic mass is 16.5. The fourth-order valence-corrected chi connectivity index (χ4v) is 4.53. The number of ether oxygens (including phenoxy) is 2. The van der Waals surface area contributed by atoms with E-state index in [1.54, 1.807) is 20.1 Å². The molecule has 1 N–H and O–H groups in total. The lowest BCUT2D eigenvalue weighted by atomic mass is 10.0. The molecule has 2 heterocycles. The number of amides is 1. The Morgan fingerprint density at radius 3 is 2.33 bits per heavy atom. The molecule has 0 bridgehead atoms. The minimum atomic E-state index is -0.351. The maximum Gasteiger partial charge on any atom is 0.340 e. The van der Waals surface area contributed by atoms with Crippen molar-refractivity contribution in [2.45, 2.75) is 53.1 Å². The number of hydrogen-bond acceptors (Lipinski definition) is 5. The first-order valence-corrected chi connectivity index (χ1v) is 11.6. The number of aromatic nitrogens is 1. The van der Waals surface area contributed by atoms with Gasteiger partial charge in [0.05, 0.1) is 19.3 Å². The molecule has 178 valence electrons. The van der Waals surface area contributed by atoms with Crippen molar-refractivity contribution >= 4 is 23.6 Å². The van der Waals surface area contributed by atoms with Crippen LogP contribution in [0.15, 0.2) is 30.3 Å². The summed E-state index contributed by atoms with van der Waals surface area (Å²) < 4.78 is 12.5. The lowest BCUT2D eigenvalue weighted by Gasteiger charge is -2.33. The van der Waals surface area contributed by atoms with Gasteiger partial charge in [0.1, 0.15) is 5.75 Å². The zero-order valence-corrected chi connectivity index (χ0v) is 20.3. The second-order valence-corrected chi connectivity index (χ2v) is 8.23. The standard InChI is InChI=1S/C26H35N3O4/c1-6-29-18(3)23(25(19(29)4)26(31)33-7-2)12-13-24(30)27-20-14-16-28(17-15-20)21-8-10-22(32-5)11-9-21/h8-13,20H,6-7,14-17H2,1-5H3,(H,27,30)/b13-12+. The average Bonchev–Trinajstić information content (AvgIpc) is 3.07. The van der Waals surface area contributed by atoms with Crippen LogP contribution in [0.5, 0.6) is 5.75 Å². The third-order valence-corrected chi connectivity index (χ3v) is 6.31. The third-order valence-electron chi connectivity index (χ3n) is 6.31. The van der Waals surface area contributed by atoms with Crippen LogP contribution in [0.25, 0.3) is 6.08 Å². The van der Waals surface area contributed by atoms with E-state index in [1.807, 2.05) is 32.9 Å². The fraction of sp³-hybridized carbons (Fsp3) is 0.462. The first-order valence-electron chi connectivity index (χ1n) is 11.6. The van der Waals surface area contributed by atoms with Crippen LogP contribution in [-0.4, -0.2) is 49.3 Å². The number of carbonyl (C=O) groups excluding carboxylic acids is 2. The Morgan fingerprint density at radius 1 is 1.09 bits per heavy atom. The number of hydrogen-bond donors (Lipinski definition) is 1. The van der Waals surface area contributed by atoms with Gasteiger partial charge >= 0.3 is 5.97 Å².